The Morgan fingerprint density at radius 1 is 1.32 bits per heavy atom. The van der Waals surface area contributed by atoms with Crippen LogP contribution in [0.4, 0.5) is 0 Å². The Balaban J connectivity index is 2.48. The first kappa shape index (κ1) is 24.3. The third kappa shape index (κ3) is 9.43. The van der Waals surface area contributed by atoms with Gasteiger partial charge in [0.2, 0.25) is 6.08 Å². The van der Waals surface area contributed by atoms with E-state index in [1.165, 1.54) is 0 Å². The molecule has 2 atom stereocenters. The summed E-state index contributed by atoms with van der Waals surface area (Å²) < 4.78 is 16.0. The number of nitrogens with zero attached hydrogens (tertiary/aromatic N) is 1. The zero-order valence-electron chi connectivity index (χ0n) is 16.4. The van der Waals surface area contributed by atoms with Gasteiger partial charge in [-0.1, -0.05) is 30.4 Å². The molecule has 1 aliphatic rings. The van der Waals surface area contributed by atoms with E-state index in [4.69, 9.17) is 14.5 Å². The minimum Gasteiger partial charge on any atom is -0.466 e. The fourth-order valence-electron chi connectivity index (χ4n) is 3.42. The van der Waals surface area contributed by atoms with Crippen LogP contribution in [0.5, 0.6) is 0 Å². The molecule has 0 amide bonds. The highest BCUT2D eigenvalue weighted by Crippen LogP contribution is 2.41. The highest BCUT2D eigenvalue weighted by molar-refractivity contribution is 7.51. The van der Waals surface area contributed by atoms with Gasteiger partial charge in [0.15, 0.2) is 0 Å². The predicted molar refractivity (Wildman–Crippen MR) is 108 cm³/mol. The molecule has 0 aliphatic heterocycles. The molecule has 0 aromatic rings. The number of hydrogen-bond donors (Lipinski definition) is 2. The number of carbonyl (C=O) groups excluding carboxylic acids is 2. The molecule has 7 nitrogen and oxygen atoms in total. The summed E-state index contributed by atoms with van der Waals surface area (Å²) in [5, 5.41) is 0. The maximum atomic E-state index is 12.0. The van der Waals surface area contributed by atoms with Gasteiger partial charge in [0.05, 0.1) is 13.2 Å². The Hall–Kier alpha value is -1.78. The number of allylic oxidation sites excluding steroid dienone is 5. The number of hydrogen-bond acceptors (Lipinski definition) is 5. The SMILES string of the molecule is C=C1C=C(/C=C\C)C(CCC(=O)OCCCCP(=O)(O)O)C1CCCN=C=O. The normalized spacial score (nSPS) is 19.5. The first-order valence-corrected chi connectivity index (χ1v) is 11.3. The Morgan fingerprint density at radius 2 is 2.07 bits per heavy atom. The molecule has 28 heavy (non-hydrogen) atoms. The van der Waals surface area contributed by atoms with E-state index in [1.54, 1.807) is 6.08 Å². The van der Waals surface area contributed by atoms with Crippen LogP contribution in [0.15, 0.2) is 40.9 Å². The van der Waals surface area contributed by atoms with E-state index in [1.807, 2.05) is 19.1 Å². The lowest BCUT2D eigenvalue weighted by Gasteiger charge is -2.22. The first-order chi connectivity index (χ1) is 13.3. The third-order valence-electron chi connectivity index (χ3n) is 4.72. The van der Waals surface area contributed by atoms with Gasteiger partial charge in [-0.3, -0.25) is 9.36 Å². The zero-order chi connectivity index (χ0) is 21.0. The molecule has 156 valence electrons. The van der Waals surface area contributed by atoms with Crippen LogP contribution in [-0.2, 0) is 18.9 Å². The summed E-state index contributed by atoms with van der Waals surface area (Å²) in [5.74, 6) is 0.0769. The molecular formula is C20H30NO6P. The van der Waals surface area contributed by atoms with Crippen LogP contribution < -0.4 is 0 Å². The minimum absolute atomic E-state index is 0.168. The van der Waals surface area contributed by atoms with Crippen LogP contribution in [-0.4, -0.2) is 41.1 Å². The molecule has 0 aromatic carbocycles. The summed E-state index contributed by atoms with van der Waals surface area (Å²) in [6.07, 6.45) is 10.7. The lowest BCUT2D eigenvalue weighted by Crippen LogP contribution is -2.16. The average Bonchev–Trinajstić information content (AvgIpc) is 2.90. The number of rotatable bonds is 13. The standard InChI is InChI=1S/C20H30NO6P/c1-3-7-17-14-16(2)18(8-6-11-21-15-22)19(17)9-10-20(23)27-12-4-5-13-28(24,25)26/h3,7,14,18-19H,2,4-6,8-13H2,1H3,(H2,24,25,26)/b7-3-. The van der Waals surface area contributed by atoms with Gasteiger partial charge in [0.1, 0.15) is 0 Å². The number of unbranched alkanes of at least 4 members (excludes halogenated alkanes) is 1. The summed E-state index contributed by atoms with van der Waals surface area (Å²) in [6, 6.07) is 0. The summed E-state index contributed by atoms with van der Waals surface area (Å²) in [4.78, 5) is 43.4. The Kier molecular flexibility index (Phi) is 10.9. The van der Waals surface area contributed by atoms with Crippen molar-refractivity contribution in [1.29, 1.82) is 0 Å². The van der Waals surface area contributed by atoms with Crippen LogP contribution in [0.2, 0.25) is 0 Å². The Morgan fingerprint density at radius 3 is 2.71 bits per heavy atom. The monoisotopic (exact) mass is 411 g/mol. The minimum atomic E-state index is -3.99. The smallest absolute Gasteiger partial charge is 0.325 e. The van der Waals surface area contributed by atoms with Crippen molar-refractivity contribution in [1.82, 2.24) is 0 Å². The molecule has 0 heterocycles. The van der Waals surface area contributed by atoms with Gasteiger partial charge in [-0.05, 0) is 56.4 Å². The van der Waals surface area contributed by atoms with Crippen LogP contribution in [0.25, 0.3) is 0 Å². The largest absolute Gasteiger partial charge is 0.466 e. The van der Waals surface area contributed by atoms with Crippen LogP contribution in [0.1, 0.15) is 45.4 Å². The molecule has 0 saturated heterocycles. The van der Waals surface area contributed by atoms with E-state index in [0.717, 1.165) is 24.0 Å². The summed E-state index contributed by atoms with van der Waals surface area (Å²) >= 11 is 0. The lowest BCUT2D eigenvalue weighted by molar-refractivity contribution is -0.144. The second-order valence-electron chi connectivity index (χ2n) is 6.90. The van der Waals surface area contributed by atoms with Crippen molar-refractivity contribution in [2.45, 2.75) is 45.4 Å². The quantitative estimate of drug-likeness (QED) is 0.157. The lowest BCUT2D eigenvalue weighted by atomic mass is 9.82. The maximum absolute atomic E-state index is 12.0. The van der Waals surface area contributed by atoms with E-state index in [0.29, 0.717) is 25.8 Å². The number of ether oxygens (including phenoxy) is 1. The summed E-state index contributed by atoms with van der Waals surface area (Å²) in [7, 11) is -3.99. The van der Waals surface area contributed by atoms with Crippen molar-refractivity contribution in [3.8, 4) is 0 Å². The maximum Gasteiger partial charge on any atom is 0.325 e. The molecule has 0 bridgehead atoms. The Labute approximate surface area is 166 Å². The van der Waals surface area contributed by atoms with Crippen molar-refractivity contribution in [3.05, 3.63) is 36.0 Å². The van der Waals surface area contributed by atoms with E-state index >= 15 is 0 Å². The first-order valence-electron chi connectivity index (χ1n) is 9.55. The van der Waals surface area contributed by atoms with E-state index in [-0.39, 0.29) is 37.0 Å². The molecule has 0 saturated carbocycles. The van der Waals surface area contributed by atoms with Crippen molar-refractivity contribution in [2.75, 3.05) is 19.3 Å². The Bertz CT molecular complexity index is 687. The van der Waals surface area contributed by atoms with Crippen molar-refractivity contribution < 1.29 is 28.7 Å². The van der Waals surface area contributed by atoms with Crippen molar-refractivity contribution in [3.63, 3.8) is 0 Å². The van der Waals surface area contributed by atoms with Gasteiger partial charge < -0.3 is 14.5 Å². The van der Waals surface area contributed by atoms with Gasteiger partial charge in [-0.15, -0.1) is 0 Å². The predicted octanol–water partition coefficient (Wildman–Crippen LogP) is 3.69. The van der Waals surface area contributed by atoms with Gasteiger partial charge in [-0.25, -0.2) is 9.79 Å². The fourth-order valence-corrected chi connectivity index (χ4v) is 4.06. The molecule has 0 aromatic heterocycles. The second kappa shape index (κ2) is 12.6. The van der Waals surface area contributed by atoms with Crippen LogP contribution in [0.3, 0.4) is 0 Å². The summed E-state index contributed by atoms with van der Waals surface area (Å²) in [5.41, 5.74) is 2.17. The second-order valence-corrected chi connectivity index (χ2v) is 8.68. The molecule has 2 N–H and O–H groups in total. The molecule has 0 fully saturated rings. The molecule has 2 unspecified atom stereocenters. The van der Waals surface area contributed by atoms with Gasteiger partial charge in [0, 0.05) is 12.6 Å². The zero-order valence-corrected chi connectivity index (χ0v) is 17.3. The summed E-state index contributed by atoms with van der Waals surface area (Å²) in [6.45, 7) is 6.69. The third-order valence-corrected chi connectivity index (χ3v) is 5.62. The number of aliphatic imine (C=N–C) groups is 1. The van der Waals surface area contributed by atoms with Gasteiger partial charge in [-0.2, -0.15) is 0 Å². The molecule has 1 rings (SSSR count). The van der Waals surface area contributed by atoms with E-state index in [2.05, 4.69) is 17.6 Å². The highest BCUT2D eigenvalue weighted by atomic mass is 31.2. The average molecular weight is 411 g/mol. The molecular weight excluding hydrogens is 381 g/mol. The van der Waals surface area contributed by atoms with Crippen molar-refractivity contribution >= 4 is 19.6 Å². The number of isocyanates is 1. The van der Waals surface area contributed by atoms with Crippen molar-refractivity contribution in [2.24, 2.45) is 16.8 Å². The van der Waals surface area contributed by atoms with Crippen LogP contribution in [0, 0.1) is 11.8 Å². The molecule has 8 heteroatoms. The highest BCUT2D eigenvalue weighted by Gasteiger charge is 2.31. The molecule has 1 aliphatic carbocycles. The van der Waals surface area contributed by atoms with Crippen LogP contribution >= 0.6 is 7.60 Å². The fraction of sp³-hybridized carbons (Fsp3) is 0.600. The number of esters is 1. The van der Waals surface area contributed by atoms with Gasteiger partial charge in [0.25, 0.3) is 0 Å². The topological polar surface area (TPSA) is 113 Å². The van der Waals surface area contributed by atoms with Gasteiger partial charge >= 0.3 is 13.6 Å². The van der Waals surface area contributed by atoms with E-state index in [9.17, 15) is 14.2 Å². The van der Waals surface area contributed by atoms with E-state index < -0.39 is 7.60 Å². The number of carbonyl (C=O) groups is 1. The molecule has 0 spiro atoms. The molecule has 0 radical (unpaired) electrons.